The van der Waals surface area contributed by atoms with Crippen molar-refractivity contribution in [3.63, 3.8) is 0 Å². The molecule has 0 atom stereocenters. The summed E-state index contributed by atoms with van der Waals surface area (Å²) in [6, 6.07) is 12.9. The van der Waals surface area contributed by atoms with Crippen molar-refractivity contribution in [3.05, 3.63) is 78.8 Å². The van der Waals surface area contributed by atoms with Crippen LogP contribution >= 0.6 is 0 Å². The summed E-state index contributed by atoms with van der Waals surface area (Å²) in [5.41, 5.74) is 4.80. The van der Waals surface area contributed by atoms with E-state index in [2.05, 4.69) is 30.5 Å². The number of fused-ring (bicyclic) bond motifs is 2. The van der Waals surface area contributed by atoms with Crippen LogP contribution in [0.5, 0.6) is 0 Å². The summed E-state index contributed by atoms with van der Waals surface area (Å²) in [4.78, 5) is 28.8. The van der Waals surface area contributed by atoms with Crippen molar-refractivity contribution in [1.29, 1.82) is 0 Å². The van der Waals surface area contributed by atoms with Gasteiger partial charge in [-0.2, -0.15) is 5.10 Å². The Morgan fingerprint density at radius 1 is 0.974 bits per heavy atom. The molecule has 0 spiro atoms. The summed E-state index contributed by atoms with van der Waals surface area (Å²) < 4.78 is 29.0. The lowest BCUT2D eigenvalue weighted by Gasteiger charge is -2.07. The van der Waals surface area contributed by atoms with Gasteiger partial charge in [-0.15, -0.1) is 0 Å². The minimum absolute atomic E-state index is 0.0281. The number of halogens is 2. The molecule has 10 heteroatoms. The van der Waals surface area contributed by atoms with Crippen LogP contribution in [-0.2, 0) is 4.79 Å². The minimum Gasteiger partial charge on any atom is -0.337 e. The number of hydrogen-bond donors (Lipinski definition) is 3. The molecule has 4 aromatic heterocycles. The van der Waals surface area contributed by atoms with Gasteiger partial charge in [-0.1, -0.05) is 12.1 Å². The summed E-state index contributed by atoms with van der Waals surface area (Å²) >= 11 is 0. The molecule has 186 valence electrons. The quantitative estimate of drug-likeness (QED) is 0.271. The van der Waals surface area contributed by atoms with Crippen molar-refractivity contribution >= 4 is 33.5 Å². The molecule has 0 aliphatic heterocycles. The zero-order valence-corrected chi connectivity index (χ0v) is 19.8. The Bertz CT molecular complexity index is 1870. The van der Waals surface area contributed by atoms with Gasteiger partial charge in [0.15, 0.2) is 11.6 Å². The van der Waals surface area contributed by atoms with Crippen molar-refractivity contribution in [3.8, 4) is 33.9 Å². The molecular weight excluding hydrogens is 488 g/mol. The third kappa shape index (κ3) is 3.86. The molecule has 3 N–H and O–H groups in total. The number of aromatic amines is 2. The van der Waals surface area contributed by atoms with Gasteiger partial charge in [0.2, 0.25) is 5.91 Å². The van der Waals surface area contributed by atoms with E-state index in [1.807, 2.05) is 0 Å². The number of amides is 1. The van der Waals surface area contributed by atoms with Gasteiger partial charge in [0.05, 0.1) is 23.1 Å². The Balaban J connectivity index is 1.31. The number of rotatable bonds is 5. The second kappa shape index (κ2) is 8.55. The zero-order chi connectivity index (χ0) is 25.8. The number of carbonyl (C=O) groups is 1. The number of H-pyrrole nitrogens is 2. The second-order valence-electron chi connectivity index (χ2n) is 9.33. The van der Waals surface area contributed by atoms with Gasteiger partial charge in [0.25, 0.3) is 0 Å². The summed E-state index contributed by atoms with van der Waals surface area (Å²) in [6.45, 7) is 0. The lowest BCUT2D eigenvalue weighted by atomic mass is 10.0. The second-order valence-corrected chi connectivity index (χ2v) is 9.33. The predicted octanol–water partition coefficient (Wildman–Crippen LogP) is 5.86. The molecule has 1 fully saturated rings. The van der Waals surface area contributed by atoms with E-state index in [0.717, 1.165) is 12.8 Å². The first-order chi connectivity index (χ1) is 18.5. The topological polar surface area (TPSA) is 112 Å². The van der Waals surface area contributed by atoms with Crippen molar-refractivity contribution in [2.45, 2.75) is 12.8 Å². The summed E-state index contributed by atoms with van der Waals surface area (Å²) in [5, 5.41) is 10.5. The molecule has 2 aromatic carbocycles. The fraction of sp³-hybridized carbons (Fsp3) is 0.107. The highest BCUT2D eigenvalue weighted by Gasteiger charge is 2.29. The molecule has 1 aliphatic carbocycles. The molecule has 1 aliphatic rings. The van der Waals surface area contributed by atoms with Crippen molar-refractivity contribution < 1.29 is 13.6 Å². The Morgan fingerprint density at radius 3 is 2.71 bits per heavy atom. The SMILES string of the molecule is O=C(Nc1cncc(-c2cc(F)c3n[nH]c(-c4nc5c(-c6cccc(F)c6)nccc5[nH]4)c3c2)c1)C1CC1. The van der Waals surface area contributed by atoms with Crippen LogP contribution in [0.15, 0.2) is 67.1 Å². The fourth-order valence-corrected chi connectivity index (χ4v) is 4.58. The highest BCUT2D eigenvalue weighted by molar-refractivity contribution is 5.98. The molecule has 4 heterocycles. The number of nitrogens with one attached hydrogen (secondary N) is 3. The van der Waals surface area contributed by atoms with Crippen LogP contribution in [0.2, 0.25) is 0 Å². The van der Waals surface area contributed by atoms with E-state index in [1.165, 1.54) is 18.2 Å². The maximum absolute atomic E-state index is 15.2. The molecule has 0 saturated heterocycles. The number of nitrogens with zero attached hydrogens (tertiary/aromatic N) is 4. The van der Waals surface area contributed by atoms with Crippen LogP contribution in [0.4, 0.5) is 14.5 Å². The van der Waals surface area contributed by atoms with Gasteiger partial charge in [-0.25, -0.2) is 13.8 Å². The van der Waals surface area contributed by atoms with Crippen LogP contribution in [0.3, 0.4) is 0 Å². The summed E-state index contributed by atoms with van der Waals surface area (Å²) in [5.74, 6) is -0.412. The van der Waals surface area contributed by atoms with Gasteiger partial charge in [0, 0.05) is 34.8 Å². The lowest BCUT2D eigenvalue weighted by Crippen LogP contribution is -2.13. The number of pyridine rings is 2. The monoisotopic (exact) mass is 507 g/mol. The van der Waals surface area contributed by atoms with Crippen LogP contribution < -0.4 is 5.32 Å². The van der Waals surface area contributed by atoms with Gasteiger partial charge >= 0.3 is 0 Å². The van der Waals surface area contributed by atoms with Gasteiger partial charge in [-0.05, 0) is 54.8 Å². The molecular formula is C28H19F2N7O. The van der Waals surface area contributed by atoms with Crippen LogP contribution in [0.1, 0.15) is 12.8 Å². The van der Waals surface area contributed by atoms with Crippen LogP contribution in [0, 0.1) is 17.6 Å². The standard InChI is InChI=1S/C28H19F2N7O/c29-18-3-1-2-15(8-18)23-26-22(6-7-32-23)34-27(35-26)25-20-10-16(11-21(30)24(20)36-37-25)17-9-19(13-31-12-17)33-28(38)14-4-5-14/h1-3,6-14H,4-5H2,(H,33,38)(H,34,35)(H,36,37). The number of hydrogen-bond acceptors (Lipinski definition) is 5. The minimum atomic E-state index is -0.509. The normalized spacial score (nSPS) is 13.3. The number of carbonyl (C=O) groups excluding carboxylic acids is 1. The zero-order valence-electron chi connectivity index (χ0n) is 19.8. The Hall–Kier alpha value is -4.99. The molecule has 0 radical (unpaired) electrons. The first-order valence-electron chi connectivity index (χ1n) is 12.1. The molecule has 8 nitrogen and oxygen atoms in total. The van der Waals surface area contributed by atoms with E-state index in [9.17, 15) is 9.18 Å². The van der Waals surface area contributed by atoms with Crippen molar-refractivity contribution in [1.82, 2.24) is 30.1 Å². The van der Waals surface area contributed by atoms with Crippen LogP contribution in [0.25, 0.3) is 55.8 Å². The summed E-state index contributed by atoms with van der Waals surface area (Å²) in [7, 11) is 0. The molecule has 1 saturated carbocycles. The van der Waals surface area contributed by atoms with Crippen LogP contribution in [-0.4, -0.2) is 36.0 Å². The lowest BCUT2D eigenvalue weighted by molar-refractivity contribution is -0.117. The Morgan fingerprint density at radius 2 is 1.87 bits per heavy atom. The highest BCUT2D eigenvalue weighted by atomic mass is 19.1. The molecule has 6 aromatic rings. The van der Waals surface area contributed by atoms with E-state index in [0.29, 0.717) is 56.0 Å². The molecule has 1 amide bonds. The number of aromatic nitrogens is 6. The largest absolute Gasteiger partial charge is 0.337 e. The fourth-order valence-electron chi connectivity index (χ4n) is 4.58. The van der Waals surface area contributed by atoms with Gasteiger partial charge < -0.3 is 10.3 Å². The van der Waals surface area contributed by atoms with Gasteiger partial charge in [-0.3, -0.25) is 19.9 Å². The van der Waals surface area contributed by atoms with Crippen molar-refractivity contribution in [2.75, 3.05) is 5.32 Å². The smallest absolute Gasteiger partial charge is 0.227 e. The average molecular weight is 508 g/mol. The van der Waals surface area contributed by atoms with E-state index >= 15 is 4.39 Å². The number of benzene rings is 2. The van der Waals surface area contributed by atoms with E-state index in [1.54, 1.807) is 48.9 Å². The van der Waals surface area contributed by atoms with Gasteiger partial charge in [0.1, 0.15) is 22.5 Å². The highest BCUT2D eigenvalue weighted by Crippen LogP contribution is 2.35. The maximum atomic E-state index is 15.2. The molecule has 38 heavy (non-hydrogen) atoms. The first kappa shape index (κ1) is 22.2. The predicted molar refractivity (Wildman–Crippen MR) is 139 cm³/mol. The molecule has 0 bridgehead atoms. The van der Waals surface area contributed by atoms with E-state index in [-0.39, 0.29) is 23.2 Å². The first-order valence-corrected chi connectivity index (χ1v) is 12.1. The Labute approximate surface area is 214 Å². The third-order valence-electron chi connectivity index (χ3n) is 6.64. The van der Waals surface area contributed by atoms with E-state index in [4.69, 9.17) is 4.98 Å². The third-order valence-corrected chi connectivity index (χ3v) is 6.64. The molecule has 0 unspecified atom stereocenters. The molecule has 7 rings (SSSR count). The number of anilines is 1. The van der Waals surface area contributed by atoms with Crippen molar-refractivity contribution in [2.24, 2.45) is 5.92 Å². The number of imidazole rings is 1. The maximum Gasteiger partial charge on any atom is 0.227 e. The van der Waals surface area contributed by atoms with E-state index < -0.39 is 5.82 Å². The average Bonchev–Trinajstić information content (AvgIpc) is 3.54. The summed E-state index contributed by atoms with van der Waals surface area (Å²) in [6.07, 6.45) is 6.60. The Kier molecular flexibility index (Phi) is 5.00.